The van der Waals surface area contributed by atoms with Crippen molar-refractivity contribution in [2.24, 2.45) is 0 Å². The van der Waals surface area contributed by atoms with Gasteiger partial charge in [-0.15, -0.1) is 0 Å². The van der Waals surface area contributed by atoms with Crippen LogP contribution in [0.2, 0.25) is 5.02 Å². The molecule has 28 heavy (non-hydrogen) atoms. The zero-order valence-corrected chi connectivity index (χ0v) is 15.2. The lowest BCUT2D eigenvalue weighted by molar-refractivity contribution is -0.117. The fourth-order valence-corrected chi connectivity index (χ4v) is 3.71. The van der Waals surface area contributed by atoms with E-state index in [1.807, 2.05) is 24.3 Å². The van der Waals surface area contributed by atoms with E-state index in [4.69, 9.17) is 16.1 Å². The first-order valence-electron chi connectivity index (χ1n) is 8.62. The zero-order chi connectivity index (χ0) is 19.3. The molecule has 1 N–H and O–H groups in total. The highest BCUT2D eigenvalue weighted by Crippen LogP contribution is 2.35. The van der Waals surface area contributed by atoms with Crippen LogP contribution in [0.4, 0.5) is 10.1 Å². The van der Waals surface area contributed by atoms with Gasteiger partial charge in [0.1, 0.15) is 5.82 Å². The van der Waals surface area contributed by atoms with Crippen molar-refractivity contribution < 1.29 is 13.7 Å². The second-order valence-corrected chi connectivity index (χ2v) is 6.98. The molecule has 1 saturated heterocycles. The fraction of sp³-hybridized carbons (Fsp3) is 0.158. The molecule has 1 aliphatic heterocycles. The van der Waals surface area contributed by atoms with Crippen molar-refractivity contribution in [1.82, 2.24) is 20.3 Å². The molecular weight excluding hydrogens is 385 g/mol. The van der Waals surface area contributed by atoms with Gasteiger partial charge in [-0.2, -0.15) is 10.1 Å². The summed E-state index contributed by atoms with van der Waals surface area (Å²) >= 11 is 6.10. The standard InChI is InChI=1S/C19H13ClFN5O2/c20-13-8-11(21)5-6-15(13)26-9-10(7-16(26)27)18-22-19(28-25-18)17-12-3-1-2-4-14(12)23-24-17/h1-6,8,10H,7,9H2,(H,23,24). The van der Waals surface area contributed by atoms with Gasteiger partial charge in [0.25, 0.3) is 5.89 Å². The highest BCUT2D eigenvalue weighted by molar-refractivity contribution is 6.33. The molecular formula is C19H13ClFN5O2. The number of para-hydroxylation sites is 1. The Balaban J connectivity index is 1.43. The number of aromatic nitrogens is 4. The number of halogens is 2. The number of amides is 1. The number of aromatic amines is 1. The first-order valence-corrected chi connectivity index (χ1v) is 9.00. The number of anilines is 1. The van der Waals surface area contributed by atoms with Crippen LogP contribution in [0.3, 0.4) is 0 Å². The largest absolute Gasteiger partial charge is 0.332 e. The smallest absolute Gasteiger partial charge is 0.279 e. The summed E-state index contributed by atoms with van der Waals surface area (Å²) in [7, 11) is 0. The number of fused-ring (bicyclic) bond motifs is 1. The Hall–Kier alpha value is -3.26. The van der Waals surface area contributed by atoms with Crippen molar-refractivity contribution in [3.63, 3.8) is 0 Å². The van der Waals surface area contributed by atoms with Gasteiger partial charge in [0.05, 0.1) is 16.2 Å². The van der Waals surface area contributed by atoms with E-state index in [9.17, 15) is 9.18 Å². The maximum Gasteiger partial charge on any atom is 0.279 e. The number of nitrogens with one attached hydrogen (secondary N) is 1. The lowest BCUT2D eigenvalue weighted by atomic mass is 10.1. The summed E-state index contributed by atoms with van der Waals surface area (Å²) in [6, 6.07) is 11.6. The Bertz CT molecular complexity index is 1200. The number of nitrogens with zero attached hydrogens (tertiary/aromatic N) is 4. The Morgan fingerprint density at radius 3 is 2.96 bits per heavy atom. The summed E-state index contributed by atoms with van der Waals surface area (Å²) in [4.78, 5) is 18.4. The van der Waals surface area contributed by atoms with Crippen LogP contribution in [0.25, 0.3) is 22.5 Å². The van der Waals surface area contributed by atoms with E-state index in [0.717, 1.165) is 10.9 Å². The van der Waals surface area contributed by atoms with Crippen LogP contribution in [0.5, 0.6) is 0 Å². The predicted octanol–water partition coefficient (Wildman–Crippen LogP) is 3.93. The molecule has 1 atom stereocenters. The number of benzene rings is 2. The number of H-pyrrole nitrogens is 1. The SMILES string of the molecule is O=C1CC(c2noc(-c3n[nH]c4ccccc34)n2)CN1c1ccc(F)cc1Cl. The molecule has 1 unspecified atom stereocenters. The zero-order valence-electron chi connectivity index (χ0n) is 14.4. The second-order valence-electron chi connectivity index (χ2n) is 6.58. The normalized spacial score (nSPS) is 17.0. The maximum absolute atomic E-state index is 13.3. The predicted molar refractivity (Wildman–Crippen MR) is 101 cm³/mol. The summed E-state index contributed by atoms with van der Waals surface area (Å²) in [5.41, 5.74) is 1.90. The fourth-order valence-electron chi connectivity index (χ4n) is 3.44. The third-order valence-corrected chi connectivity index (χ3v) is 5.11. The van der Waals surface area contributed by atoms with Crippen molar-refractivity contribution >= 4 is 34.1 Å². The van der Waals surface area contributed by atoms with Crippen molar-refractivity contribution in [2.75, 3.05) is 11.4 Å². The van der Waals surface area contributed by atoms with E-state index in [1.54, 1.807) is 0 Å². The lowest BCUT2D eigenvalue weighted by Crippen LogP contribution is -2.24. The minimum atomic E-state index is -0.453. The Morgan fingerprint density at radius 1 is 1.25 bits per heavy atom. The molecule has 5 rings (SSSR count). The minimum Gasteiger partial charge on any atom is -0.332 e. The monoisotopic (exact) mass is 397 g/mol. The van der Waals surface area contributed by atoms with Crippen molar-refractivity contribution in [3.05, 3.63) is 59.1 Å². The number of rotatable bonds is 3. The second kappa shape index (κ2) is 6.42. The van der Waals surface area contributed by atoms with E-state index in [1.165, 1.54) is 23.1 Å². The molecule has 4 aromatic rings. The van der Waals surface area contributed by atoms with Crippen LogP contribution in [-0.4, -0.2) is 32.8 Å². The summed E-state index contributed by atoms with van der Waals surface area (Å²) in [5, 5.41) is 12.3. The number of carbonyl (C=O) groups is 1. The third-order valence-electron chi connectivity index (χ3n) is 4.81. The van der Waals surface area contributed by atoms with Gasteiger partial charge in [-0.3, -0.25) is 9.89 Å². The molecule has 1 aliphatic rings. The van der Waals surface area contributed by atoms with Gasteiger partial charge in [0.2, 0.25) is 5.91 Å². The molecule has 1 amide bonds. The summed E-state index contributed by atoms with van der Waals surface area (Å²) in [6.45, 7) is 0.338. The average molecular weight is 398 g/mol. The van der Waals surface area contributed by atoms with Gasteiger partial charge in [0.15, 0.2) is 11.5 Å². The molecule has 0 saturated carbocycles. The van der Waals surface area contributed by atoms with Gasteiger partial charge in [-0.1, -0.05) is 35.0 Å². The lowest BCUT2D eigenvalue weighted by Gasteiger charge is -2.17. The molecule has 2 aromatic carbocycles. The molecule has 0 aliphatic carbocycles. The van der Waals surface area contributed by atoms with Crippen LogP contribution in [-0.2, 0) is 4.79 Å². The Labute approximate surface area is 163 Å². The number of hydrogen-bond donors (Lipinski definition) is 1. The van der Waals surface area contributed by atoms with Gasteiger partial charge in [-0.25, -0.2) is 4.39 Å². The van der Waals surface area contributed by atoms with E-state index in [-0.39, 0.29) is 29.2 Å². The molecule has 0 bridgehead atoms. The first-order chi connectivity index (χ1) is 13.6. The highest BCUT2D eigenvalue weighted by Gasteiger charge is 2.35. The Morgan fingerprint density at radius 2 is 2.11 bits per heavy atom. The Kier molecular flexibility index (Phi) is 3.87. The third kappa shape index (κ3) is 2.73. The summed E-state index contributed by atoms with van der Waals surface area (Å²) in [6.07, 6.45) is 0.216. The van der Waals surface area contributed by atoms with E-state index in [2.05, 4.69) is 20.3 Å². The van der Waals surface area contributed by atoms with E-state index < -0.39 is 5.82 Å². The summed E-state index contributed by atoms with van der Waals surface area (Å²) in [5.74, 6) is -0.119. The molecule has 140 valence electrons. The number of hydrogen-bond acceptors (Lipinski definition) is 5. The van der Waals surface area contributed by atoms with Crippen LogP contribution < -0.4 is 4.90 Å². The van der Waals surface area contributed by atoms with E-state index >= 15 is 0 Å². The molecule has 2 aromatic heterocycles. The van der Waals surface area contributed by atoms with Crippen LogP contribution >= 0.6 is 11.6 Å². The van der Waals surface area contributed by atoms with Crippen LogP contribution in [0, 0.1) is 5.82 Å². The van der Waals surface area contributed by atoms with Gasteiger partial charge in [-0.05, 0) is 24.3 Å². The molecule has 3 heterocycles. The first kappa shape index (κ1) is 16.9. The van der Waals surface area contributed by atoms with Crippen molar-refractivity contribution in [1.29, 1.82) is 0 Å². The van der Waals surface area contributed by atoms with Gasteiger partial charge in [0, 0.05) is 24.3 Å². The summed E-state index contributed by atoms with van der Waals surface area (Å²) < 4.78 is 18.7. The maximum atomic E-state index is 13.3. The quantitative estimate of drug-likeness (QED) is 0.566. The van der Waals surface area contributed by atoms with Crippen molar-refractivity contribution in [2.45, 2.75) is 12.3 Å². The van der Waals surface area contributed by atoms with Crippen LogP contribution in [0.1, 0.15) is 18.2 Å². The van der Waals surface area contributed by atoms with Crippen LogP contribution in [0.15, 0.2) is 47.0 Å². The molecule has 0 spiro atoms. The molecule has 0 radical (unpaired) electrons. The van der Waals surface area contributed by atoms with Gasteiger partial charge < -0.3 is 9.42 Å². The number of carbonyl (C=O) groups excluding carboxylic acids is 1. The van der Waals surface area contributed by atoms with Gasteiger partial charge >= 0.3 is 0 Å². The van der Waals surface area contributed by atoms with E-state index in [0.29, 0.717) is 23.8 Å². The van der Waals surface area contributed by atoms with Crippen molar-refractivity contribution in [3.8, 4) is 11.6 Å². The minimum absolute atomic E-state index is 0.130. The highest BCUT2D eigenvalue weighted by atomic mass is 35.5. The molecule has 7 nitrogen and oxygen atoms in total. The molecule has 1 fully saturated rings. The average Bonchev–Trinajstić information content (AvgIpc) is 3.39. The molecule has 9 heteroatoms. The topological polar surface area (TPSA) is 87.9 Å².